The monoisotopic (exact) mass is 461 g/mol. The number of carbonyl (C=O) groups is 2. The third kappa shape index (κ3) is 7.24. The number of amides is 1. The molecule has 33 heavy (non-hydrogen) atoms. The van der Waals surface area contributed by atoms with Crippen LogP contribution in [0.15, 0.2) is 24.3 Å². The minimum absolute atomic E-state index is 0.153. The zero-order chi connectivity index (χ0) is 23.8. The molecule has 2 fully saturated rings. The first kappa shape index (κ1) is 24.6. The topological polar surface area (TPSA) is 144 Å². The number of esters is 1. The molecule has 0 radical (unpaired) electrons. The van der Waals surface area contributed by atoms with Gasteiger partial charge in [0.2, 0.25) is 0 Å². The molecule has 0 aliphatic carbocycles. The highest BCUT2D eigenvalue weighted by molar-refractivity contribution is 5.75. The molecule has 3 rings (SSSR count). The van der Waals surface area contributed by atoms with Gasteiger partial charge in [-0.3, -0.25) is 10.2 Å². The number of nitrogens with one attached hydrogen (secondary N) is 1. The minimum atomic E-state index is -0.695. The van der Waals surface area contributed by atoms with Crippen LogP contribution in [0.1, 0.15) is 31.2 Å². The highest BCUT2D eigenvalue weighted by Gasteiger charge is 2.31. The fourth-order valence-corrected chi connectivity index (χ4v) is 4.28. The van der Waals surface area contributed by atoms with Crippen molar-refractivity contribution in [1.82, 2.24) is 9.80 Å². The largest absolute Gasteiger partial charge is 0.490 e. The van der Waals surface area contributed by atoms with E-state index in [-0.39, 0.29) is 24.8 Å². The highest BCUT2D eigenvalue weighted by atomic mass is 16.6. The third-order valence-corrected chi connectivity index (χ3v) is 6.26. The smallest absolute Gasteiger partial charge is 0.410 e. The highest BCUT2D eigenvalue weighted by Crippen LogP contribution is 2.23. The number of ether oxygens (including phenoxy) is 3. The lowest BCUT2D eigenvalue weighted by molar-refractivity contribution is -0.142. The summed E-state index contributed by atoms with van der Waals surface area (Å²) in [5, 5.41) is 7.51. The Bertz CT molecular complexity index is 810. The van der Waals surface area contributed by atoms with Crippen molar-refractivity contribution in [3.8, 4) is 5.75 Å². The van der Waals surface area contributed by atoms with Gasteiger partial charge in [0, 0.05) is 19.6 Å². The fourth-order valence-electron chi connectivity index (χ4n) is 4.28. The van der Waals surface area contributed by atoms with Crippen LogP contribution in [0.2, 0.25) is 0 Å². The zero-order valence-corrected chi connectivity index (χ0v) is 19.2. The summed E-state index contributed by atoms with van der Waals surface area (Å²) in [6, 6.07) is 6.63. The first-order chi connectivity index (χ1) is 15.9. The van der Waals surface area contributed by atoms with Crippen molar-refractivity contribution in [2.75, 3.05) is 39.9 Å². The second-order valence-corrected chi connectivity index (χ2v) is 8.70. The number of likely N-dealkylation sites (tertiary alicyclic amines) is 1. The molecule has 10 nitrogen and oxygen atoms in total. The molecule has 2 aliphatic rings. The van der Waals surface area contributed by atoms with E-state index in [4.69, 9.17) is 26.4 Å². The lowest BCUT2D eigenvalue weighted by atomic mass is 9.92. The van der Waals surface area contributed by atoms with E-state index < -0.39 is 12.0 Å². The maximum Gasteiger partial charge on any atom is 0.410 e. The van der Waals surface area contributed by atoms with Gasteiger partial charge in [0.1, 0.15) is 18.4 Å². The molecule has 1 amide bonds. The summed E-state index contributed by atoms with van der Waals surface area (Å²) in [6.07, 6.45) is 3.86. The number of nitrogens with two attached hydrogens (primary N) is 2. The molecule has 1 aromatic carbocycles. The molecule has 182 valence electrons. The lowest BCUT2D eigenvalue weighted by Gasteiger charge is -2.32. The maximum atomic E-state index is 12.2. The molecular weight excluding hydrogens is 426 g/mol. The van der Waals surface area contributed by atoms with Gasteiger partial charge in [0.25, 0.3) is 0 Å². The standard InChI is InChI=1S/C23H35N5O5/c1-31-21(29)20(24)13-17-4-6-18(7-5-17)32-15-19-14-28(23(30)33-19)10-2-3-16-8-11-27(12-9-16)22(25)26/h4-7,16,19-20H,2-3,8-15,24H2,1H3,(H3,25,26). The number of nitrogens with zero attached hydrogens (tertiary/aromatic N) is 2. The Kier molecular flexibility index (Phi) is 8.76. The lowest BCUT2D eigenvalue weighted by Crippen LogP contribution is -2.42. The van der Waals surface area contributed by atoms with E-state index in [1.54, 1.807) is 4.90 Å². The van der Waals surface area contributed by atoms with Crippen molar-refractivity contribution >= 4 is 18.0 Å². The van der Waals surface area contributed by atoms with Gasteiger partial charge in [0.05, 0.1) is 13.7 Å². The summed E-state index contributed by atoms with van der Waals surface area (Å²) in [5.74, 6) is 0.988. The normalized spacial score (nSPS) is 19.8. The SMILES string of the molecule is COC(=O)C(N)Cc1ccc(OCC2CN(CCCC3CCN(C(=N)N)CC3)C(=O)O2)cc1. The molecule has 10 heteroatoms. The Morgan fingerprint density at radius 1 is 1.27 bits per heavy atom. The minimum Gasteiger partial charge on any atom is -0.490 e. The number of guanidine groups is 1. The molecule has 0 saturated carbocycles. The number of hydrogen-bond donors (Lipinski definition) is 3. The molecule has 2 saturated heterocycles. The molecule has 2 unspecified atom stereocenters. The molecule has 0 aromatic heterocycles. The van der Waals surface area contributed by atoms with Crippen molar-refractivity contribution in [2.45, 2.75) is 44.2 Å². The van der Waals surface area contributed by atoms with Crippen LogP contribution in [-0.4, -0.2) is 79.9 Å². The number of cyclic esters (lactones) is 1. The summed E-state index contributed by atoms with van der Waals surface area (Å²) in [4.78, 5) is 27.3. The Hall–Kier alpha value is -3.01. The van der Waals surface area contributed by atoms with Crippen molar-refractivity contribution in [3.63, 3.8) is 0 Å². The van der Waals surface area contributed by atoms with Crippen LogP contribution < -0.4 is 16.2 Å². The molecule has 1 aromatic rings. The molecule has 2 heterocycles. The van der Waals surface area contributed by atoms with Crippen LogP contribution in [0.3, 0.4) is 0 Å². The van der Waals surface area contributed by atoms with Crippen molar-refractivity contribution in [2.24, 2.45) is 17.4 Å². The van der Waals surface area contributed by atoms with Gasteiger partial charge in [-0.15, -0.1) is 0 Å². The number of rotatable bonds is 10. The predicted molar refractivity (Wildman–Crippen MR) is 123 cm³/mol. The zero-order valence-electron chi connectivity index (χ0n) is 19.2. The van der Waals surface area contributed by atoms with Crippen LogP contribution in [0.25, 0.3) is 0 Å². The van der Waals surface area contributed by atoms with E-state index >= 15 is 0 Å². The van der Waals surface area contributed by atoms with Crippen LogP contribution in [0, 0.1) is 11.3 Å². The van der Waals surface area contributed by atoms with Gasteiger partial charge < -0.3 is 35.5 Å². The van der Waals surface area contributed by atoms with Crippen LogP contribution in [0.4, 0.5) is 4.79 Å². The summed E-state index contributed by atoms with van der Waals surface area (Å²) >= 11 is 0. The second kappa shape index (κ2) is 11.7. The van der Waals surface area contributed by atoms with Crippen molar-refractivity contribution < 1.29 is 23.8 Å². The summed E-state index contributed by atoms with van der Waals surface area (Å²) in [6.45, 7) is 3.16. The molecule has 0 spiro atoms. The van der Waals surface area contributed by atoms with Crippen LogP contribution in [0.5, 0.6) is 5.75 Å². The van der Waals surface area contributed by atoms with Gasteiger partial charge in [-0.1, -0.05) is 12.1 Å². The first-order valence-corrected chi connectivity index (χ1v) is 11.5. The van der Waals surface area contributed by atoms with E-state index in [2.05, 4.69) is 4.74 Å². The van der Waals surface area contributed by atoms with E-state index in [0.29, 0.717) is 31.2 Å². The fraction of sp³-hybridized carbons (Fsp3) is 0.609. The molecule has 5 N–H and O–H groups in total. The molecule has 2 aliphatic heterocycles. The van der Waals surface area contributed by atoms with E-state index in [1.165, 1.54) is 7.11 Å². The maximum absolute atomic E-state index is 12.2. The average molecular weight is 462 g/mol. The first-order valence-electron chi connectivity index (χ1n) is 11.5. The summed E-state index contributed by atoms with van der Waals surface area (Å²) in [7, 11) is 1.32. The predicted octanol–water partition coefficient (Wildman–Crippen LogP) is 1.31. The van der Waals surface area contributed by atoms with Gasteiger partial charge >= 0.3 is 12.1 Å². The van der Waals surface area contributed by atoms with Gasteiger partial charge in [-0.05, 0) is 55.7 Å². The van der Waals surface area contributed by atoms with Crippen LogP contribution >= 0.6 is 0 Å². The molecular formula is C23H35N5O5. The number of carbonyl (C=O) groups excluding carboxylic acids is 2. The summed E-state index contributed by atoms with van der Waals surface area (Å²) in [5.41, 5.74) is 12.2. The summed E-state index contributed by atoms with van der Waals surface area (Å²) < 4.78 is 15.9. The number of methoxy groups -OCH3 is 1. The van der Waals surface area contributed by atoms with Crippen molar-refractivity contribution in [1.29, 1.82) is 5.41 Å². The van der Waals surface area contributed by atoms with Crippen molar-refractivity contribution in [3.05, 3.63) is 29.8 Å². The van der Waals surface area contributed by atoms with E-state index in [0.717, 1.165) is 44.3 Å². The van der Waals surface area contributed by atoms with Gasteiger partial charge in [0.15, 0.2) is 12.1 Å². The number of hydrogen-bond acceptors (Lipinski definition) is 7. The third-order valence-electron chi connectivity index (χ3n) is 6.26. The quantitative estimate of drug-likeness (QED) is 0.269. The van der Waals surface area contributed by atoms with E-state index in [1.807, 2.05) is 29.2 Å². The Morgan fingerprint density at radius 3 is 2.61 bits per heavy atom. The Balaban J connectivity index is 1.34. The van der Waals surface area contributed by atoms with Gasteiger partial charge in [-0.25, -0.2) is 4.79 Å². The Morgan fingerprint density at radius 2 is 1.97 bits per heavy atom. The van der Waals surface area contributed by atoms with E-state index in [9.17, 15) is 9.59 Å². The second-order valence-electron chi connectivity index (χ2n) is 8.70. The van der Waals surface area contributed by atoms with Gasteiger partial charge in [-0.2, -0.15) is 0 Å². The average Bonchev–Trinajstić information content (AvgIpc) is 3.17. The number of benzene rings is 1. The van der Waals surface area contributed by atoms with Crippen LogP contribution in [-0.2, 0) is 20.7 Å². The Labute approximate surface area is 194 Å². The molecule has 0 bridgehead atoms. The molecule has 2 atom stereocenters. The number of piperidine rings is 1.